The second-order valence-corrected chi connectivity index (χ2v) is 6.64. The van der Waals surface area contributed by atoms with Crippen LogP contribution in [-0.2, 0) is 6.54 Å². The Labute approximate surface area is 141 Å². The fourth-order valence-corrected chi connectivity index (χ4v) is 3.53. The van der Waals surface area contributed by atoms with Crippen LogP contribution in [0.5, 0.6) is 0 Å². The van der Waals surface area contributed by atoms with Gasteiger partial charge in [-0.3, -0.25) is 10.00 Å². The highest BCUT2D eigenvalue weighted by molar-refractivity contribution is 5.81. The molecule has 4 rings (SSSR count). The zero-order chi connectivity index (χ0) is 16.4. The van der Waals surface area contributed by atoms with E-state index >= 15 is 0 Å². The Kier molecular flexibility index (Phi) is 4.09. The molecule has 1 saturated heterocycles. The normalized spacial score (nSPS) is 18.8. The highest BCUT2D eigenvalue weighted by atomic mass is 15.2. The first-order valence-electron chi connectivity index (χ1n) is 8.53. The lowest BCUT2D eigenvalue weighted by Crippen LogP contribution is -2.41. The van der Waals surface area contributed by atoms with Crippen molar-refractivity contribution in [2.24, 2.45) is 0 Å². The van der Waals surface area contributed by atoms with Crippen molar-refractivity contribution in [3.05, 3.63) is 54.2 Å². The van der Waals surface area contributed by atoms with E-state index in [0.717, 1.165) is 36.2 Å². The third-order valence-electron chi connectivity index (χ3n) is 4.67. The van der Waals surface area contributed by atoms with Crippen LogP contribution in [0.15, 0.2) is 48.7 Å². The molecule has 0 spiro atoms. The first kappa shape index (κ1) is 15.0. The van der Waals surface area contributed by atoms with Crippen LogP contribution in [0.3, 0.4) is 0 Å². The van der Waals surface area contributed by atoms with Gasteiger partial charge in [0.15, 0.2) is 0 Å². The summed E-state index contributed by atoms with van der Waals surface area (Å²) in [4.78, 5) is 2.51. The molecular formula is C19H23N5. The molecule has 1 aliphatic rings. The quantitative estimate of drug-likeness (QED) is 0.645. The van der Waals surface area contributed by atoms with Gasteiger partial charge in [-0.25, -0.2) is 0 Å². The molecule has 1 aliphatic heterocycles. The third kappa shape index (κ3) is 3.36. The van der Waals surface area contributed by atoms with Crippen LogP contribution in [0.2, 0.25) is 0 Å². The first-order chi connectivity index (χ1) is 11.8. The van der Waals surface area contributed by atoms with Gasteiger partial charge in [-0.15, -0.1) is 0 Å². The molecule has 1 fully saturated rings. The maximum atomic E-state index is 5.89. The Balaban J connectivity index is 1.40. The van der Waals surface area contributed by atoms with Gasteiger partial charge in [0.2, 0.25) is 0 Å². The molecule has 5 heteroatoms. The van der Waals surface area contributed by atoms with Crippen molar-refractivity contribution < 1.29 is 0 Å². The van der Waals surface area contributed by atoms with Crippen molar-refractivity contribution >= 4 is 22.3 Å². The summed E-state index contributed by atoms with van der Waals surface area (Å²) in [6.45, 7) is 3.16. The number of benzene rings is 2. The van der Waals surface area contributed by atoms with Crippen molar-refractivity contribution in [3.63, 3.8) is 0 Å². The number of nitrogen functional groups attached to an aromatic ring is 1. The molecule has 0 bridgehead atoms. The van der Waals surface area contributed by atoms with Crippen molar-refractivity contribution in [1.82, 2.24) is 15.1 Å². The van der Waals surface area contributed by atoms with Crippen molar-refractivity contribution in [1.29, 1.82) is 0 Å². The van der Waals surface area contributed by atoms with Crippen LogP contribution < -0.4 is 11.1 Å². The lowest BCUT2D eigenvalue weighted by Gasteiger charge is -2.33. The molecule has 1 atom stereocenters. The fourth-order valence-electron chi connectivity index (χ4n) is 3.53. The first-order valence-corrected chi connectivity index (χ1v) is 8.53. The number of aromatic nitrogens is 2. The number of hydrogen-bond acceptors (Lipinski definition) is 4. The number of H-pyrrole nitrogens is 1. The molecule has 5 nitrogen and oxygen atoms in total. The van der Waals surface area contributed by atoms with E-state index < -0.39 is 0 Å². The van der Waals surface area contributed by atoms with Gasteiger partial charge in [0.1, 0.15) is 0 Å². The number of nitrogens with zero attached hydrogens (tertiary/aromatic N) is 2. The summed E-state index contributed by atoms with van der Waals surface area (Å²) in [7, 11) is 0. The lowest BCUT2D eigenvalue weighted by atomic mass is 10.0. The molecule has 0 radical (unpaired) electrons. The van der Waals surface area contributed by atoms with Crippen LogP contribution in [-0.4, -0.2) is 34.2 Å². The topological polar surface area (TPSA) is 70.0 Å². The minimum Gasteiger partial charge on any atom is -0.399 e. The van der Waals surface area contributed by atoms with Crippen LogP contribution >= 0.6 is 0 Å². The predicted octanol–water partition coefficient (Wildman–Crippen LogP) is 3.22. The molecular weight excluding hydrogens is 298 g/mol. The highest BCUT2D eigenvalue weighted by Crippen LogP contribution is 2.21. The molecule has 2 aromatic carbocycles. The van der Waals surface area contributed by atoms with E-state index in [1.165, 1.54) is 24.1 Å². The summed E-state index contributed by atoms with van der Waals surface area (Å²) in [5.74, 6) is 0. The number of piperidine rings is 1. The zero-order valence-electron chi connectivity index (χ0n) is 13.7. The number of rotatable bonds is 4. The Morgan fingerprint density at radius 2 is 2.21 bits per heavy atom. The smallest absolute Gasteiger partial charge is 0.0651 e. The summed E-state index contributed by atoms with van der Waals surface area (Å²) in [5, 5.41) is 11.9. The van der Waals surface area contributed by atoms with E-state index in [2.05, 4.69) is 50.7 Å². The van der Waals surface area contributed by atoms with Gasteiger partial charge in [-0.2, -0.15) is 5.10 Å². The second-order valence-electron chi connectivity index (χ2n) is 6.64. The average molecular weight is 321 g/mol. The van der Waals surface area contributed by atoms with E-state index in [1.54, 1.807) is 0 Å². The average Bonchev–Trinajstić information content (AvgIpc) is 3.03. The van der Waals surface area contributed by atoms with Crippen molar-refractivity contribution in [3.8, 4) is 0 Å². The Morgan fingerprint density at radius 1 is 1.25 bits per heavy atom. The summed E-state index contributed by atoms with van der Waals surface area (Å²) in [5.41, 5.74) is 10.3. The van der Waals surface area contributed by atoms with Gasteiger partial charge >= 0.3 is 0 Å². The molecule has 4 N–H and O–H groups in total. The second kappa shape index (κ2) is 6.53. The number of nitrogens with one attached hydrogen (secondary N) is 2. The van der Waals surface area contributed by atoms with Gasteiger partial charge in [0, 0.05) is 35.9 Å². The molecule has 0 aliphatic carbocycles. The highest BCUT2D eigenvalue weighted by Gasteiger charge is 2.20. The Bertz CT molecular complexity index is 825. The number of nitrogens with two attached hydrogens (primary N) is 1. The van der Waals surface area contributed by atoms with Crippen LogP contribution in [0.1, 0.15) is 18.4 Å². The van der Waals surface area contributed by atoms with E-state index in [4.69, 9.17) is 5.73 Å². The van der Waals surface area contributed by atoms with Crippen LogP contribution in [0.25, 0.3) is 10.9 Å². The molecule has 2 heterocycles. The Morgan fingerprint density at radius 3 is 3.12 bits per heavy atom. The molecule has 3 aromatic rings. The van der Waals surface area contributed by atoms with Gasteiger partial charge in [-0.1, -0.05) is 12.1 Å². The largest absolute Gasteiger partial charge is 0.399 e. The van der Waals surface area contributed by atoms with E-state index in [9.17, 15) is 0 Å². The minimum absolute atomic E-state index is 0.476. The maximum absolute atomic E-state index is 5.89. The van der Waals surface area contributed by atoms with Crippen LogP contribution in [0, 0.1) is 0 Å². The molecule has 0 saturated carbocycles. The fraction of sp³-hybridized carbons (Fsp3) is 0.316. The van der Waals surface area contributed by atoms with Crippen LogP contribution in [0.4, 0.5) is 11.4 Å². The number of likely N-dealkylation sites (tertiary alicyclic amines) is 1. The zero-order valence-corrected chi connectivity index (χ0v) is 13.7. The molecule has 124 valence electrons. The maximum Gasteiger partial charge on any atom is 0.0651 e. The third-order valence-corrected chi connectivity index (χ3v) is 4.67. The van der Waals surface area contributed by atoms with E-state index in [1.807, 2.05) is 18.3 Å². The SMILES string of the molecule is Nc1cccc(CN2CCCC(Nc3ccc4[nH]ncc4c3)C2)c1. The summed E-state index contributed by atoms with van der Waals surface area (Å²) < 4.78 is 0. The number of fused-ring (bicyclic) bond motifs is 1. The monoisotopic (exact) mass is 321 g/mol. The lowest BCUT2D eigenvalue weighted by molar-refractivity contribution is 0.208. The number of hydrogen-bond donors (Lipinski definition) is 3. The summed E-state index contributed by atoms with van der Waals surface area (Å²) in [6, 6.07) is 15.0. The minimum atomic E-state index is 0.476. The van der Waals surface area contributed by atoms with Gasteiger partial charge in [0.25, 0.3) is 0 Å². The van der Waals surface area contributed by atoms with E-state index in [-0.39, 0.29) is 0 Å². The predicted molar refractivity (Wildman–Crippen MR) is 98.9 cm³/mol. The van der Waals surface area contributed by atoms with Gasteiger partial charge in [0.05, 0.1) is 11.7 Å². The number of aromatic amines is 1. The molecule has 24 heavy (non-hydrogen) atoms. The van der Waals surface area contributed by atoms with E-state index in [0.29, 0.717) is 6.04 Å². The van der Waals surface area contributed by atoms with Gasteiger partial charge < -0.3 is 11.1 Å². The molecule has 1 unspecified atom stereocenters. The number of anilines is 2. The molecule has 0 amide bonds. The summed E-state index contributed by atoms with van der Waals surface area (Å²) in [6.07, 6.45) is 4.29. The van der Waals surface area contributed by atoms with Crippen molar-refractivity contribution in [2.45, 2.75) is 25.4 Å². The standard InChI is InChI=1S/C19H23N5/c20-16-4-1-3-14(9-16)12-24-8-2-5-18(13-24)22-17-6-7-19-15(10-17)11-21-23-19/h1,3-4,6-7,9-11,18,22H,2,5,8,12-13,20H2,(H,21,23). The Hall–Kier alpha value is -2.53. The van der Waals surface area contributed by atoms with Gasteiger partial charge in [-0.05, 0) is 55.3 Å². The molecule has 1 aromatic heterocycles. The van der Waals surface area contributed by atoms with Crippen molar-refractivity contribution in [2.75, 3.05) is 24.1 Å². The summed E-state index contributed by atoms with van der Waals surface area (Å²) >= 11 is 0.